The lowest BCUT2D eigenvalue weighted by Crippen LogP contribution is -2.20. The summed E-state index contributed by atoms with van der Waals surface area (Å²) in [6.45, 7) is 1.88. The molecule has 0 spiro atoms. The van der Waals surface area contributed by atoms with Gasteiger partial charge in [0.1, 0.15) is 5.25 Å². The third kappa shape index (κ3) is 1.80. The minimum Gasteiger partial charge on any atom is -0.480 e. The Bertz CT molecular complexity index is 520. The van der Waals surface area contributed by atoms with E-state index >= 15 is 0 Å². The Kier molecular flexibility index (Phi) is 2.92. The molecule has 2 unspecified atom stereocenters. The zero-order valence-corrected chi connectivity index (χ0v) is 9.74. The molecule has 1 heterocycles. The van der Waals surface area contributed by atoms with Crippen LogP contribution in [0.3, 0.4) is 0 Å². The molecule has 4 heteroatoms. The molecule has 2 N–H and O–H groups in total. The fourth-order valence-corrected chi connectivity index (χ4v) is 2.02. The number of carboxylic acid groups (broad SMARTS) is 1. The summed E-state index contributed by atoms with van der Waals surface area (Å²) in [7, 11) is 0. The van der Waals surface area contributed by atoms with Gasteiger partial charge in [-0.05, 0) is 11.6 Å². The molecule has 0 fully saturated rings. The Morgan fingerprint density at radius 3 is 2.81 bits per heavy atom. The third-order valence-electron chi connectivity index (χ3n) is 2.84. The first-order valence-electron chi connectivity index (χ1n) is 5.08. The van der Waals surface area contributed by atoms with Gasteiger partial charge in [-0.25, -0.2) is 0 Å². The number of para-hydroxylation sites is 1. The standard InChI is InChI=1S/C12H13NO2S/c1-7(11(16)12(14)15)9-6-13-10-5-3-2-4-8(9)10/h2-7,11,13,16H,1H3,(H,14,15). The van der Waals surface area contributed by atoms with Crippen molar-refractivity contribution in [2.75, 3.05) is 0 Å². The van der Waals surface area contributed by atoms with Crippen LogP contribution in [0, 0.1) is 0 Å². The number of rotatable bonds is 3. The van der Waals surface area contributed by atoms with Gasteiger partial charge in [0.15, 0.2) is 0 Å². The number of hydrogen-bond donors (Lipinski definition) is 3. The van der Waals surface area contributed by atoms with Crippen LogP contribution in [-0.4, -0.2) is 21.3 Å². The largest absolute Gasteiger partial charge is 0.480 e. The van der Waals surface area contributed by atoms with Gasteiger partial charge < -0.3 is 10.1 Å². The summed E-state index contributed by atoms with van der Waals surface area (Å²) in [6.07, 6.45) is 1.86. The molecule has 0 aliphatic rings. The molecule has 0 saturated carbocycles. The van der Waals surface area contributed by atoms with Crippen molar-refractivity contribution in [1.82, 2.24) is 4.98 Å². The summed E-state index contributed by atoms with van der Waals surface area (Å²) in [5.41, 5.74) is 2.02. The van der Waals surface area contributed by atoms with E-state index in [2.05, 4.69) is 17.6 Å². The summed E-state index contributed by atoms with van der Waals surface area (Å²) >= 11 is 4.12. The normalized spacial score (nSPS) is 14.9. The first-order valence-corrected chi connectivity index (χ1v) is 5.60. The molecule has 0 saturated heterocycles. The van der Waals surface area contributed by atoms with Crippen LogP contribution in [-0.2, 0) is 4.79 Å². The van der Waals surface area contributed by atoms with Gasteiger partial charge in [0.25, 0.3) is 0 Å². The number of aromatic nitrogens is 1. The zero-order valence-electron chi connectivity index (χ0n) is 8.84. The number of carboxylic acids is 1. The second kappa shape index (κ2) is 4.22. The van der Waals surface area contributed by atoms with Crippen LogP contribution in [0.4, 0.5) is 0 Å². The van der Waals surface area contributed by atoms with Gasteiger partial charge in [-0.1, -0.05) is 25.1 Å². The van der Waals surface area contributed by atoms with E-state index in [-0.39, 0.29) is 5.92 Å². The van der Waals surface area contributed by atoms with Crippen LogP contribution in [0.5, 0.6) is 0 Å². The molecule has 2 atom stereocenters. The molecule has 0 radical (unpaired) electrons. The number of benzene rings is 1. The summed E-state index contributed by atoms with van der Waals surface area (Å²) in [5.74, 6) is -1.02. The van der Waals surface area contributed by atoms with E-state index in [9.17, 15) is 4.79 Å². The molecular weight excluding hydrogens is 222 g/mol. The Balaban J connectivity index is 2.44. The number of aromatic amines is 1. The van der Waals surface area contributed by atoms with Crippen LogP contribution in [0.15, 0.2) is 30.5 Å². The van der Waals surface area contributed by atoms with E-state index in [1.54, 1.807) is 0 Å². The Morgan fingerprint density at radius 1 is 1.44 bits per heavy atom. The van der Waals surface area contributed by atoms with E-state index in [0.717, 1.165) is 16.5 Å². The first-order chi connectivity index (χ1) is 7.61. The molecule has 0 bridgehead atoms. The molecular formula is C12H13NO2S. The SMILES string of the molecule is CC(c1c[nH]c2ccccc12)C(S)C(=O)O. The Hall–Kier alpha value is -1.42. The van der Waals surface area contributed by atoms with Crippen molar-refractivity contribution in [3.63, 3.8) is 0 Å². The smallest absolute Gasteiger partial charge is 0.316 e. The molecule has 2 rings (SSSR count). The minimum absolute atomic E-state index is 0.128. The van der Waals surface area contributed by atoms with E-state index in [1.807, 2.05) is 37.4 Å². The summed E-state index contributed by atoms with van der Waals surface area (Å²) in [4.78, 5) is 14.0. The number of nitrogens with one attached hydrogen (secondary N) is 1. The molecule has 16 heavy (non-hydrogen) atoms. The highest BCUT2D eigenvalue weighted by molar-refractivity contribution is 7.81. The first kappa shape index (κ1) is 11.1. The molecule has 0 amide bonds. The second-order valence-corrected chi connectivity index (χ2v) is 4.42. The molecule has 2 aromatic rings. The van der Waals surface area contributed by atoms with E-state index in [1.165, 1.54) is 0 Å². The summed E-state index contributed by atoms with van der Waals surface area (Å²) in [5, 5.41) is 9.32. The fraction of sp³-hybridized carbons (Fsp3) is 0.250. The fourth-order valence-electron chi connectivity index (χ4n) is 1.85. The van der Waals surface area contributed by atoms with Gasteiger partial charge in [0, 0.05) is 23.0 Å². The number of hydrogen-bond acceptors (Lipinski definition) is 2. The topological polar surface area (TPSA) is 53.1 Å². The highest BCUT2D eigenvalue weighted by atomic mass is 32.1. The van der Waals surface area contributed by atoms with Crippen molar-refractivity contribution >= 4 is 29.5 Å². The highest BCUT2D eigenvalue weighted by Crippen LogP contribution is 2.29. The van der Waals surface area contributed by atoms with E-state index in [0.29, 0.717) is 0 Å². The molecule has 3 nitrogen and oxygen atoms in total. The monoisotopic (exact) mass is 235 g/mol. The zero-order chi connectivity index (χ0) is 11.7. The van der Waals surface area contributed by atoms with Gasteiger partial charge in [-0.15, -0.1) is 0 Å². The van der Waals surface area contributed by atoms with Crippen molar-refractivity contribution in [2.45, 2.75) is 18.1 Å². The third-order valence-corrected chi connectivity index (χ3v) is 3.51. The molecule has 84 valence electrons. The number of aliphatic carboxylic acids is 1. The van der Waals surface area contributed by atoms with Crippen LogP contribution < -0.4 is 0 Å². The lowest BCUT2D eigenvalue weighted by atomic mass is 9.97. The van der Waals surface area contributed by atoms with Crippen LogP contribution >= 0.6 is 12.6 Å². The lowest BCUT2D eigenvalue weighted by Gasteiger charge is -2.14. The quantitative estimate of drug-likeness (QED) is 0.716. The van der Waals surface area contributed by atoms with Crippen molar-refractivity contribution in [3.05, 3.63) is 36.0 Å². The number of H-pyrrole nitrogens is 1. The Morgan fingerprint density at radius 2 is 2.12 bits per heavy atom. The van der Waals surface area contributed by atoms with Gasteiger partial charge >= 0.3 is 5.97 Å². The molecule has 1 aromatic heterocycles. The second-order valence-electron chi connectivity index (χ2n) is 3.86. The van der Waals surface area contributed by atoms with Gasteiger partial charge in [-0.2, -0.15) is 12.6 Å². The predicted molar refractivity (Wildman–Crippen MR) is 67.1 cm³/mol. The van der Waals surface area contributed by atoms with E-state index in [4.69, 9.17) is 5.11 Å². The van der Waals surface area contributed by atoms with Crippen LogP contribution in [0.2, 0.25) is 0 Å². The van der Waals surface area contributed by atoms with Crippen LogP contribution in [0.25, 0.3) is 10.9 Å². The maximum absolute atomic E-state index is 10.9. The lowest BCUT2D eigenvalue weighted by molar-refractivity contribution is -0.136. The van der Waals surface area contributed by atoms with Crippen molar-refractivity contribution in [1.29, 1.82) is 0 Å². The number of carbonyl (C=O) groups is 1. The van der Waals surface area contributed by atoms with Gasteiger partial charge in [0.05, 0.1) is 0 Å². The molecule has 0 aliphatic carbocycles. The molecule has 0 aliphatic heterocycles. The van der Waals surface area contributed by atoms with Gasteiger partial charge in [-0.3, -0.25) is 4.79 Å². The van der Waals surface area contributed by atoms with Crippen molar-refractivity contribution in [3.8, 4) is 0 Å². The van der Waals surface area contributed by atoms with Crippen LogP contribution in [0.1, 0.15) is 18.4 Å². The Labute approximate surface area is 98.9 Å². The maximum atomic E-state index is 10.9. The maximum Gasteiger partial charge on any atom is 0.316 e. The van der Waals surface area contributed by atoms with E-state index < -0.39 is 11.2 Å². The highest BCUT2D eigenvalue weighted by Gasteiger charge is 2.23. The summed E-state index contributed by atoms with van der Waals surface area (Å²) in [6, 6.07) is 7.85. The average Bonchev–Trinajstić information content (AvgIpc) is 2.70. The molecule has 1 aromatic carbocycles. The predicted octanol–water partition coefficient (Wildman–Crippen LogP) is 2.65. The van der Waals surface area contributed by atoms with Crippen molar-refractivity contribution in [2.24, 2.45) is 0 Å². The van der Waals surface area contributed by atoms with Crippen molar-refractivity contribution < 1.29 is 9.90 Å². The average molecular weight is 235 g/mol. The number of thiol groups is 1. The minimum atomic E-state index is -0.888. The summed E-state index contributed by atoms with van der Waals surface area (Å²) < 4.78 is 0. The number of fused-ring (bicyclic) bond motifs is 1. The van der Waals surface area contributed by atoms with Gasteiger partial charge in [0.2, 0.25) is 0 Å².